The average molecular weight is 198 g/mol. The summed E-state index contributed by atoms with van der Waals surface area (Å²) in [6.45, 7) is 2.58. The summed E-state index contributed by atoms with van der Waals surface area (Å²) in [5.74, 6) is 0.277. The first-order valence-corrected chi connectivity index (χ1v) is 4.26. The minimum Gasteiger partial charge on any atom is -0.465 e. The molecule has 0 aliphatic rings. The van der Waals surface area contributed by atoms with Crippen LogP contribution in [0.1, 0.15) is 17.3 Å². The molecule has 0 amide bonds. The van der Waals surface area contributed by atoms with Crippen LogP contribution in [-0.4, -0.2) is 29.4 Å². The molecule has 0 bridgehead atoms. The van der Waals surface area contributed by atoms with E-state index in [2.05, 4.69) is 15.2 Å². The van der Waals surface area contributed by atoms with Gasteiger partial charge in [0, 0.05) is 13.6 Å². The van der Waals surface area contributed by atoms with Gasteiger partial charge >= 0.3 is 5.97 Å². The normalized spacial score (nSPS) is 9.93. The Kier molecular flexibility index (Phi) is 2.95. The molecule has 78 valence electrons. The molecule has 0 unspecified atom stereocenters. The van der Waals surface area contributed by atoms with Crippen LogP contribution in [0.3, 0.4) is 0 Å². The molecule has 0 fully saturated rings. The fourth-order valence-corrected chi connectivity index (χ4v) is 1.13. The highest BCUT2D eigenvalue weighted by molar-refractivity contribution is 5.99. The van der Waals surface area contributed by atoms with Gasteiger partial charge in [-0.25, -0.2) is 4.79 Å². The smallest absolute Gasteiger partial charge is 0.345 e. The Hall–Kier alpha value is -1.72. The number of nitrogens with two attached hydrogens (primary N) is 1. The molecule has 0 aliphatic heterocycles. The predicted octanol–water partition coefficient (Wildman–Crippen LogP) is 0.221. The fraction of sp³-hybridized carbons (Fsp3) is 0.500. The van der Waals surface area contributed by atoms with Gasteiger partial charge in [-0.2, -0.15) is 5.10 Å². The van der Waals surface area contributed by atoms with Crippen LogP contribution < -0.4 is 11.1 Å². The third-order valence-corrected chi connectivity index (χ3v) is 1.83. The number of carbonyl (C=O) groups excluding carboxylic acids is 1. The molecular weight excluding hydrogens is 184 g/mol. The molecule has 0 aromatic carbocycles. The summed E-state index contributed by atoms with van der Waals surface area (Å²) < 4.78 is 6.04. The Labute approximate surface area is 82.0 Å². The van der Waals surface area contributed by atoms with E-state index in [0.717, 1.165) is 0 Å². The first-order valence-electron chi connectivity index (χ1n) is 4.26. The van der Waals surface area contributed by atoms with E-state index >= 15 is 0 Å². The number of anilines is 2. The number of nitrogen functional groups attached to an aromatic ring is 1. The van der Waals surface area contributed by atoms with Crippen molar-refractivity contribution in [2.24, 2.45) is 7.05 Å². The molecule has 0 saturated carbocycles. The van der Waals surface area contributed by atoms with Crippen molar-refractivity contribution in [1.82, 2.24) is 9.78 Å². The molecule has 0 atom stereocenters. The standard InChI is InChI=1S/C8H14N4O2/c1-4-10-7-5(8(13)14-3)6(9)12(2)11-7/h4,9H2,1-3H3,(H,10,11). The topological polar surface area (TPSA) is 82.2 Å². The van der Waals surface area contributed by atoms with E-state index in [-0.39, 0.29) is 5.56 Å². The molecule has 1 aromatic rings. The number of aryl methyl sites for hydroxylation is 1. The van der Waals surface area contributed by atoms with E-state index in [0.29, 0.717) is 18.2 Å². The number of esters is 1. The van der Waals surface area contributed by atoms with E-state index in [1.165, 1.54) is 11.8 Å². The molecule has 6 heteroatoms. The maximum Gasteiger partial charge on any atom is 0.345 e. The summed E-state index contributed by atoms with van der Waals surface area (Å²) in [5.41, 5.74) is 5.96. The molecule has 1 rings (SSSR count). The zero-order valence-electron chi connectivity index (χ0n) is 8.50. The van der Waals surface area contributed by atoms with Crippen molar-refractivity contribution >= 4 is 17.6 Å². The largest absolute Gasteiger partial charge is 0.465 e. The summed E-state index contributed by atoms with van der Waals surface area (Å²) >= 11 is 0. The Morgan fingerprint density at radius 2 is 2.36 bits per heavy atom. The van der Waals surface area contributed by atoms with Crippen LogP contribution in [0.25, 0.3) is 0 Å². The third-order valence-electron chi connectivity index (χ3n) is 1.83. The summed E-state index contributed by atoms with van der Waals surface area (Å²) in [6, 6.07) is 0. The lowest BCUT2D eigenvalue weighted by Gasteiger charge is -2.01. The zero-order valence-corrected chi connectivity index (χ0v) is 8.50. The Morgan fingerprint density at radius 1 is 1.71 bits per heavy atom. The van der Waals surface area contributed by atoms with Crippen molar-refractivity contribution in [1.29, 1.82) is 0 Å². The van der Waals surface area contributed by atoms with Gasteiger partial charge in [0.2, 0.25) is 0 Å². The lowest BCUT2D eigenvalue weighted by Crippen LogP contribution is -2.08. The van der Waals surface area contributed by atoms with Crippen molar-refractivity contribution in [3.63, 3.8) is 0 Å². The van der Waals surface area contributed by atoms with Gasteiger partial charge in [0.1, 0.15) is 11.4 Å². The Balaban J connectivity index is 3.15. The maximum absolute atomic E-state index is 11.3. The molecule has 0 spiro atoms. The quantitative estimate of drug-likeness (QED) is 0.679. The summed E-state index contributed by atoms with van der Waals surface area (Å²) in [4.78, 5) is 11.3. The lowest BCUT2D eigenvalue weighted by molar-refractivity contribution is 0.0603. The van der Waals surface area contributed by atoms with Crippen LogP contribution in [0.4, 0.5) is 11.6 Å². The second-order valence-corrected chi connectivity index (χ2v) is 2.75. The lowest BCUT2D eigenvalue weighted by atomic mass is 10.3. The van der Waals surface area contributed by atoms with E-state index < -0.39 is 5.97 Å². The number of ether oxygens (including phenoxy) is 1. The third kappa shape index (κ3) is 1.63. The zero-order chi connectivity index (χ0) is 10.7. The van der Waals surface area contributed by atoms with Crippen LogP contribution in [0.15, 0.2) is 0 Å². The molecule has 1 heterocycles. The van der Waals surface area contributed by atoms with E-state index in [1.807, 2.05) is 6.92 Å². The van der Waals surface area contributed by atoms with E-state index in [1.54, 1.807) is 7.05 Å². The molecule has 0 radical (unpaired) electrons. The van der Waals surface area contributed by atoms with E-state index in [9.17, 15) is 4.79 Å². The first-order chi connectivity index (χ1) is 6.61. The van der Waals surface area contributed by atoms with Gasteiger partial charge in [-0.3, -0.25) is 4.68 Å². The number of rotatable bonds is 3. The van der Waals surface area contributed by atoms with Crippen LogP contribution >= 0.6 is 0 Å². The molecule has 6 nitrogen and oxygen atoms in total. The highest BCUT2D eigenvalue weighted by Gasteiger charge is 2.20. The fourth-order valence-electron chi connectivity index (χ4n) is 1.13. The number of hydrogen-bond donors (Lipinski definition) is 2. The molecule has 0 aliphatic carbocycles. The SMILES string of the molecule is CCNc1nn(C)c(N)c1C(=O)OC. The first kappa shape index (κ1) is 10.4. The van der Waals surface area contributed by atoms with Gasteiger partial charge in [-0.1, -0.05) is 0 Å². The minimum atomic E-state index is -0.480. The van der Waals surface area contributed by atoms with Gasteiger partial charge < -0.3 is 15.8 Å². The van der Waals surface area contributed by atoms with Crippen molar-refractivity contribution in [3.8, 4) is 0 Å². The highest BCUT2D eigenvalue weighted by atomic mass is 16.5. The minimum absolute atomic E-state index is 0.289. The van der Waals surface area contributed by atoms with Gasteiger partial charge in [-0.15, -0.1) is 0 Å². The second kappa shape index (κ2) is 3.99. The molecule has 14 heavy (non-hydrogen) atoms. The van der Waals surface area contributed by atoms with E-state index in [4.69, 9.17) is 5.73 Å². The summed E-state index contributed by atoms with van der Waals surface area (Å²) in [7, 11) is 2.98. The second-order valence-electron chi connectivity index (χ2n) is 2.75. The number of hydrogen-bond acceptors (Lipinski definition) is 5. The number of methoxy groups -OCH3 is 1. The van der Waals surface area contributed by atoms with Gasteiger partial charge in [-0.05, 0) is 6.92 Å². The summed E-state index contributed by atoms with van der Waals surface area (Å²) in [6.07, 6.45) is 0. The van der Waals surface area contributed by atoms with Gasteiger partial charge in [0.15, 0.2) is 5.82 Å². The number of nitrogens with zero attached hydrogens (tertiary/aromatic N) is 2. The molecule has 1 aromatic heterocycles. The van der Waals surface area contributed by atoms with Gasteiger partial charge in [0.25, 0.3) is 0 Å². The van der Waals surface area contributed by atoms with Crippen LogP contribution in [-0.2, 0) is 11.8 Å². The molecular formula is C8H14N4O2. The highest BCUT2D eigenvalue weighted by Crippen LogP contribution is 2.21. The Morgan fingerprint density at radius 3 is 2.86 bits per heavy atom. The van der Waals surface area contributed by atoms with Crippen LogP contribution in [0, 0.1) is 0 Å². The van der Waals surface area contributed by atoms with Crippen LogP contribution in [0.5, 0.6) is 0 Å². The van der Waals surface area contributed by atoms with Crippen molar-refractivity contribution in [2.45, 2.75) is 6.92 Å². The van der Waals surface area contributed by atoms with Crippen molar-refractivity contribution < 1.29 is 9.53 Å². The number of carbonyl (C=O) groups is 1. The maximum atomic E-state index is 11.3. The van der Waals surface area contributed by atoms with Crippen molar-refractivity contribution in [3.05, 3.63) is 5.56 Å². The monoisotopic (exact) mass is 198 g/mol. The molecule has 3 N–H and O–H groups in total. The summed E-state index contributed by atoms with van der Waals surface area (Å²) in [5, 5.41) is 6.99. The van der Waals surface area contributed by atoms with Gasteiger partial charge in [0.05, 0.1) is 7.11 Å². The predicted molar refractivity (Wildman–Crippen MR) is 53.1 cm³/mol. The molecule has 0 saturated heterocycles. The average Bonchev–Trinajstić information content (AvgIpc) is 2.43. The number of aromatic nitrogens is 2. The van der Waals surface area contributed by atoms with Crippen molar-refractivity contribution in [2.75, 3.05) is 24.7 Å². The number of nitrogens with one attached hydrogen (secondary N) is 1. The Bertz CT molecular complexity index is 345. The van der Waals surface area contributed by atoms with Crippen LogP contribution in [0.2, 0.25) is 0 Å².